The second kappa shape index (κ2) is 6.62. The summed E-state index contributed by atoms with van der Waals surface area (Å²) in [5.41, 5.74) is 3.34. The van der Waals surface area contributed by atoms with Gasteiger partial charge in [0, 0.05) is 5.56 Å². The smallest absolute Gasteiger partial charge is 0.257 e. The molecule has 2 aromatic carbocycles. The van der Waals surface area contributed by atoms with Crippen molar-refractivity contribution in [3.8, 4) is 0 Å². The molecule has 0 aliphatic rings. The number of rotatable bonds is 5. The number of fused-ring (bicyclic) bond motifs is 1. The maximum absolute atomic E-state index is 12.3. The van der Waals surface area contributed by atoms with Crippen molar-refractivity contribution in [3.63, 3.8) is 0 Å². The number of anilines is 1. The van der Waals surface area contributed by atoms with Crippen LogP contribution in [0.1, 0.15) is 29.8 Å². The number of aromatic amines is 1. The molecule has 0 spiro atoms. The second-order valence-corrected chi connectivity index (χ2v) is 5.61. The predicted octanol–water partition coefficient (Wildman–Crippen LogP) is 3.74. The van der Waals surface area contributed by atoms with E-state index in [0.29, 0.717) is 18.1 Å². The summed E-state index contributed by atoms with van der Waals surface area (Å²) in [6.07, 6.45) is 0.186. The molecule has 1 heterocycles. The van der Waals surface area contributed by atoms with Crippen LogP contribution in [0.4, 0.5) is 5.95 Å². The van der Waals surface area contributed by atoms with E-state index in [4.69, 9.17) is 4.74 Å². The van der Waals surface area contributed by atoms with E-state index in [1.807, 2.05) is 50.2 Å². The van der Waals surface area contributed by atoms with Gasteiger partial charge in [-0.3, -0.25) is 10.1 Å². The highest BCUT2D eigenvalue weighted by molar-refractivity contribution is 6.03. The quantitative estimate of drug-likeness (QED) is 0.754. The van der Waals surface area contributed by atoms with Crippen molar-refractivity contribution in [1.82, 2.24) is 9.97 Å². The number of imidazole rings is 1. The number of nitrogens with zero attached hydrogens (tertiary/aromatic N) is 1. The third kappa shape index (κ3) is 3.76. The molecule has 0 aliphatic heterocycles. The Bertz CT molecular complexity index is 774. The minimum Gasteiger partial charge on any atom is -0.374 e. The Labute approximate surface area is 134 Å². The third-order valence-corrected chi connectivity index (χ3v) is 3.42. The van der Waals surface area contributed by atoms with Crippen molar-refractivity contribution in [2.24, 2.45) is 0 Å². The fraction of sp³-hybridized carbons (Fsp3) is 0.222. The van der Waals surface area contributed by atoms with Gasteiger partial charge in [-0.2, -0.15) is 0 Å². The van der Waals surface area contributed by atoms with Crippen LogP contribution in [-0.4, -0.2) is 22.0 Å². The molecule has 118 valence electrons. The second-order valence-electron chi connectivity index (χ2n) is 5.61. The molecule has 3 rings (SSSR count). The van der Waals surface area contributed by atoms with Crippen LogP contribution in [0.2, 0.25) is 0 Å². The number of carbonyl (C=O) groups excluding carboxylic acids is 1. The van der Waals surface area contributed by atoms with E-state index in [1.54, 1.807) is 12.1 Å². The van der Waals surface area contributed by atoms with Crippen LogP contribution in [0.5, 0.6) is 0 Å². The molecule has 5 heteroatoms. The summed E-state index contributed by atoms with van der Waals surface area (Å²) in [6.45, 7) is 4.54. The molecule has 0 aliphatic carbocycles. The number of hydrogen-bond acceptors (Lipinski definition) is 3. The van der Waals surface area contributed by atoms with Crippen LogP contribution in [0.25, 0.3) is 11.0 Å². The summed E-state index contributed by atoms with van der Waals surface area (Å²) in [5.74, 6) is 0.254. The maximum Gasteiger partial charge on any atom is 0.257 e. The summed E-state index contributed by atoms with van der Waals surface area (Å²) in [6, 6.07) is 15.0. The summed E-state index contributed by atoms with van der Waals surface area (Å²) >= 11 is 0. The van der Waals surface area contributed by atoms with Gasteiger partial charge in [-0.1, -0.05) is 24.3 Å². The highest BCUT2D eigenvalue weighted by Gasteiger charge is 2.09. The molecule has 1 aromatic heterocycles. The van der Waals surface area contributed by atoms with Crippen LogP contribution >= 0.6 is 0 Å². The Morgan fingerprint density at radius 3 is 2.61 bits per heavy atom. The lowest BCUT2D eigenvalue weighted by Gasteiger charge is -2.08. The van der Waals surface area contributed by atoms with E-state index in [9.17, 15) is 4.79 Å². The van der Waals surface area contributed by atoms with E-state index in [1.165, 1.54) is 0 Å². The molecule has 23 heavy (non-hydrogen) atoms. The average Bonchev–Trinajstić information content (AvgIpc) is 2.95. The van der Waals surface area contributed by atoms with Gasteiger partial charge in [0.05, 0.1) is 23.7 Å². The molecule has 5 nitrogen and oxygen atoms in total. The van der Waals surface area contributed by atoms with E-state index in [0.717, 1.165) is 16.6 Å². The molecule has 0 atom stereocenters. The van der Waals surface area contributed by atoms with Gasteiger partial charge in [0.2, 0.25) is 5.95 Å². The van der Waals surface area contributed by atoms with Gasteiger partial charge < -0.3 is 9.72 Å². The van der Waals surface area contributed by atoms with Crippen LogP contribution in [0, 0.1) is 0 Å². The molecule has 3 aromatic rings. The summed E-state index contributed by atoms with van der Waals surface area (Å²) in [7, 11) is 0. The average molecular weight is 309 g/mol. The lowest BCUT2D eigenvalue weighted by atomic mass is 10.1. The van der Waals surface area contributed by atoms with Gasteiger partial charge in [0.25, 0.3) is 5.91 Å². The Hall–Kier alpha value is -2.66. The molecule has 0 unspecified atom stereocenters. The monoisotopic (exact) mass is 309 g/mol. The van der Waals surface area contributed by atoms with Crippen LogP contribution in [-0.2, 0) is 11.3 Å². The van der Waals surface area contributed by atoms with Gasteiger partial charge in [-0.15, -0.1) is 0 Å². The molecule has 0 radical (unpaired) electrons. The number of H-pyrrole nitrogens is 1. The van der Waals surface area contributed by atoms with Crippen LogP contribution in [0.3, 0.4) is 0 Å². The normalized spacial score (nSPS) is 11.1. The highest BCUT2D eigenvalue weighted by atomic mass is 16.5. The van der Waals surface area contributed by atoms with Gasteiger partial charge in [-0.05, 0) is 43.7 Å². The van der Waals surface area contributed by atoms with Crippen molar-refractivity contribution in [1.29, 1.82) is 0 Å². The Morgan fingerprint density at radius 2 is 1.91 bits per heavy atom. The minimum absolute atomic E-state index is 0.186. The first kappa shape index (κ1) is 15.2. The van der Waals surface area contributed by atoms with E-state index >= 15 is 0 Å². The highest BCUT2D eigenvalue weighted by Crippen LogP contribution is 2.14. The van der Waals surface area contributed by atoms with Crippen LogP contribution < -0.4 is 5.32 Å². The SMILES string of the molecule is CC(C)OCc1ccc(C(=O)Nc2nc3ccccc3[nH]2)cc1. The van der Waals surface area contributed by atoms with E-state index in [2.05, 4.69) is 15.3 Å². The molecule has 0 saturated heterocycles. The van der Waals surface area contributed by atoms with E-state index in [-0.39, 0.29) is 12.0 Å². The Morgan fingerprint density at radius 1 is 1.17 bits per heavy atom. The predicted molar refractivity (Wildman–Crippen MR) is 90.4 cm³/mol. The largest absolute Gasteiger partial charge is 0.374 e. The Kier molecular flexibility index (Phi) is 4.39. The number of nitrogens with one attached hydrogen (secondary N) is 2. The first-order valence-electron chi connectivity index (χ1n) is 7.58. The summed E-state index contributed by atoms with van der Waals surface area (Å²) in [5, 5.41) is 2.78. The van der Waals surface area contributed by atoms with Crippen LogP contribution in [0.15, 0.2) is 48.5 Å². The topological polar surface area (TPSA) is 67.0 Å². The van der Waals surface area contributed by atoms with Gasteiger partial charge >= 0.3 is 0 Å². The van der Waals surface area contributed by atoms with Gasteiger partial charge in [0.15, 0.2) is 0 Å². The number of aromatic nitrogens is 2. The Balaban J connectivity index is 1.67. The zero-order valence-corrected chi connectivity index (χ0v) is 13.2. The third-order valence-electron chi connectivity index (χ3n) is 3.42. The van der Waals surface area contributed by atoms with Crippen molar-refractivity contribution in [2.45, 2.75) is 26.6 Å². The minimum atomic E-state index is -0.194. The lowest BCUT2D eigenvalue weighted by Crippen LogP contribution is -2.13. The first-order chi connectivity index (χ1) is 11.1. The number of para-hydroxylation sites is 2. The number of amides is 1. The number of benzene rings is 2. The number of ether oxygens (including phenoxy) is 1. The first-order valence-corrected chi connectivity index (χ1v) is 7.58. The molecular formula is C18H19N3O2. The zero-order valence-electron chi connectivity index (χ0n) is 13.2. The van der Waals surface area contributed by atoms with Crippen molar-refractivity contribution < 1.29 is 9.53 Å². The standard InChI is InChI=1S/C18H19N3O2/c1-12(2)23-11-13-7-9-14(10-8-13)17(22)21-18-19-15-5-3-4-6-16(15)20-18/h3-10,12H,11H2,1-2H3,(H2,19,20,21,22). The van der Waals surface area contributed by atoms with Crippen molar-refractivity contribution in [2.75, 3.05) is 5.32 Å². The molecule has 2 N–H and O–H groups in total. The zero-order chi connectivity index (χ0) is 16.2. The fourth-order valence-electron chi connectivity index (χ4n) is 2.21. The molecule has 0 saturated carbocycles. The molecular weight excluding hydrogens is 290 g/mol. The number of hydrogen-bond donors (Lipinski definition) is 2. The fourth-order valence-corrected chi connectivity index (χ4v) is 2.21. The van der Waals surface area contributed by atoms with Crippen molar-refractivity contribution >= 4 is 22.9 Å². The molecule has 1 amide bonds. The molecule has 0 fully saturated rings. The van der Waals surface area contributed by atoms with E-state index < -0.39 is 0 Å². The number of carbonyl (C=O) groups is 1. The lowest BCUT2D eigenvalue weighted by molar-refractivity contribution is 0.0657. The van der Waals surface area contributed by atoms with Gasteiger partial charge in [0.1, 0.15) is 0 Å². The summed E-state index contributed by atoms with van der Waals surface area (Å²) in [4.78, 5) is 19.7. The van der Waals surface area contributed by atoms with Crippen molar-refractivity contribution in [3.05, 3.63) is 59.7 Å². The summed E-state index contributed by atoms with van der Waals surface area (Å²) < 4.78 is 5.54. The maximum atomic E-state index is 12.3. The molecule has 0 bridgehead atoms. The van der Waals surface area contributed by atoms with Gasteiger partial charge in [-0.25, -0.2) is 4.98 Å².